The molecule has 0 aliphatic carbocycles. The Morgan fingerprint density at radius 1 is 0.538 bits per heavy atom. The van der Waals surface area contributed by atoms with E-state index in [1.165, 1.54) is 0 Å². The Bertz CT molecular complexity index is 3080. The van der Waals surface area contributed by atoms with Crippen LogP contribution in [-0.2, 0) is 62.2 Å². The van der Waals surface area contributed by atoms with Crippen LogP contribution in [0.15, 0.2) is 131 Å². The van der Waals surface area contributed by atoms with Gasteiger partial charge in [0.25, 0.3) is 0 Å². The molecule has 78 heavy (non-hydrogen) atoms. The summed E-state index contributed by atoms with van der Waals surface area (Å²) < 4.78 is 30.1. The highest BCUT2D eigenvalue weighted by Gasteiger charge is 2.20. The summed E-state index contributed by atoms with van der Waals surface area (Å²) in [6.45, 7) is 6.10. The van der Waals surface area contributed by atoms with E-state index >= 15 is 0 Å². The number of hydrogen-bond donors (Lipinski definition) is 6. The highest BCUT2D eigenvalue weighted by molar-refractivity contribution is 9.10. The maximum atomic E-state index is 11.2. The van der Waals surface area contributed by atoms with E-state index in [2.05, 4.69) is 75.3 Å². The topological polar surface area (TPSA) is 263 Å². The molecule has 22 heteroatoms. The molecule has 0 aliphatic heterocycles. The number of aliphatic hydroxyl groups excluding tert-OH is 2. The average Bonchev–Trinajstić information content (AvgIpc) is 4.08. The number of nitrogens with zero attached hydrogens (tertiary/aromatic N) is 8. The second-order valence-corrected chi connectivity index (χ2v) is 20.0. The lowest BCUT2D eigenvalue weighted by molar-refractivity contribution is -0.140. The third kappa shape index (κ3) is 15.8. The number of carboxylic acid groups (broad SMARTS) is 2. The number of carbonyl (C=O) groups is 2. The van der Waals surface area contributed by atoms with E-state index in [1.807, 2.05) is 111 Å². The average molecular weight is 1190 g/mol. The van der Waals surface area contributed by atoms with Gasteiger partial charge in [0.1, 0.15) is 26.4 Å². The molecule has 2 atom stereocenters. The van der Waals surface area contributed by atoms with Gasteiger partial charge in [-0.3, -0.25) is 9.59 Å². The fraction of sp³-hybridized carbons (Fsp3) is 0.286. The molecular formula is C56H58Br2N10O10. The quantitative estimate of drug-likeness (QED) is 0.0262. The van der Waals surface area contributed by atoms with E-state index in [0.717, 1.165) is 44.5 Å². The Hall–Kier alpha value is -7.60. The molecule has 0 bridgehead atoms. The lowest BCUT2D eigenvalue weighted by Gasteiger charge is -2.18. The zero-order chi connectivity index (χ0) is 55.0. The fourth-order valence-corrected chi connectivity index (χ4v) is 9.35. The summed E-state index contributed by atoms with van der Waals surface area (Å²) in [5.41, 5.74) is 10.6. The first kappa shape index (κ1) is 56.6. The molecule has 0 aliphatic rings. The third-order valence-corrected chi connectivity index (χ3v) is 13.7. The van der Waals surface area contributed by atoms with Gasteiger partial charge in [-0.05, 0) is 102 Å². The van der Waals surface area contributed by atoms with E-state index in [9.17, 15) is 19.8 Å². The van der Waals surface area contributed by atoms with Crippen LogP contribution in [0.4, 0.5) is 0 Å². The van der Waals surface area contributed by atoms with Gasteiger partial charge in [0.05, 0.1) is 70.9 Å². The fourth-order valence-electron chi connectivity index (χ4n) is 8.39. The van der Waals surface area contributed by atoms with Crippen LogP contribution in [0, 0.1) is 13.8 Å². The molecule has 406 valence electrons. The molecule has 4 heterocycles. The Balaban J connectivity index is 0.971. The molecule has 0 unspecified atom stereocenters. The van der Waals surface area contributed by atoms with Gasteiger partial charge in [-0.15, -0.1) is 10.2 Å². The number of halogens is 2. The lowest BCUT2D eigenvalue weighted by Crippen LogP contribution is -2.28. The number of aromatic nitrogens is 8. The van der Waals surface area contributed by atoms with Crippen LogP contribution in [0.25, 0.3) is 11.1 Å². The summed E-state index contributed by atoms with van der Waals surface area (Å²) in [5, 5.41) is 61.7. The van der Waals surface area contributed by atoms with E-state index in [0.29, 0.717) is 44.5 Å². The van der Waals surface area contributed by atoms with Crippen molar-refractivity contribution in [1.29, 1.82) is 0 Å². The number of pyridine rings is 2. The van der Waals surface area contributed by atoms with E-state index in [-0.39, 0.29) is 76.1 Å². The summed E-state index contributed by atoms with van der Waals surface area (Å²) in [6, 6.07) is 35.5. The van der Waals surface area contributed by atoms with Gasteiger partial charge in [0, 0.05) is 37.3 Å². The first-order valence-corrected chi connectivity index (χ1v) is 26.5. The summed E-state index contributed by atoms with van der Waals surface area (Å²) in [4.78, 5) is 31.9. The maximum Gasteiger partial charge on any atom is 0.306 e. The molecule has 20 nitrogen and oxygen atoms in total. The molecule has 0 saturated heterocycles. The number of rotatable bonds is 29. The van der Waals surface area contributed by atoms with Crippen molar-refractivity contribution in [3.05, 3.63) is 186 Å². The molecule has 0 fully saturated rings. The van der Waals surface area contributed by atoms with Crippen molar-refractivity contribution in [3.8, 4) is 34.6 Å². The van der Waals surface area contributed by atoms with Gasteiger partial charge in [0.2, 0.25) is 23.5 Å². The van der Waals surface area contributed by atoms with E-state index in [1.54, 1.807) is 21.8 Å². The largest absolute Gasteiger partial charge is 0.481 e. The summed E-state index contributed by atoms with van der Waals surface area (Å²) in [6.07, 6.45) is 0.303. The highest BCUT2D eigenvalue weighted by Crippen LogP contribution is 2.35. The minimum atomic E-state index is -1.10. The molecule has 0 radical (unpaired) electrons. The SMILES string of the molecule is Cc1c(COc2nc(OCc3cnnn3Cc3ccccc3)c(CNC[C@@H](O)CC(=O)O)cc2Br)cccc1-c1cccc(COc2nc(OCc3cnnn3Cc3ccccc3)c(CNC[C@@H](O)CC(=O)O)cc2Br)c1C. The molecule has 4 aromatic carbocycles. The summed E-state index contributed by atoms with van der Waals surface area (Å²) >= 11 is 7.29. The molecule has 6 N–H and O–H groups in total. The van der Waals surface area contributed by atoms with Gasteiger partial charge >= 0.3 is 11.9 Å². The lowest BCUT2D eigenvalue weighted by atomic mass is 9.92. The summed E-state index contributed by atoms with van der Waals surface area (Å²) in [5.74, 6) is -1.08. The van der Waals surface area contributed by atoms with Gasteiger partial charge < -0.3 is 50.0 Å². The zero-order valence-corrected chi connectivity index (χ0v) is 45.9. The van der Waals surface area contributed by atoms with Gasteiger partial charge in [-0.25, -0.2) is 9.36 Å². The Morgan fingerprint density at radius 2 is 0.936 bits per heavy atom. The first-order valence-electron chi connectivity index (χ1n) is 24.9. The van der Waals surface area contributed by atoms with Crippen LogP contribution in [0.3, 0.4) is 0 Å². The van der Waals surface area contributed by atoms with Crippen LogP contribution in [-0.4, -0.2) is 97.6 Å². The molecular weight excluding hydrogens is 1130 g/mol. The zero-order valence-electron chi connectivity index (χ0n) is 42.8. The second-order valence-electron chi connectivity index (χ2n) is 18.3. The Morgan fingerprint density at radius 3 is 1.33 bits per heavy atom. The van der Waals surface area contributed by atoms with Crippen molar-refractivity contribution >= 4 is 43.8 Å². The van der Waals surface area contributed by atoms with Crippen LogP contribution in [0.2, 0.25) is 0 Å². The number of hydrogen-bond acceptors (Lipinski definition) is 16. The van der Waals surface area contributed by atoms with Crippen LogP contribution >= 0.6 is 31.9 Å². The molecule has 8 aromatic rings. The minimum Gasteiger partial charge on any atom is -0.481 e. The molecule has 4 aromatic heterocycles. The smallest absolute Gasteiger partial charge is 0.306 e. The number of nitrogens with one attached hydrogen (secondary N) is 2. The molecule has 0 spiro atoms. The maximum absolute atomic E-state index is 11.2. The predicted octanol–water partition coefficient (Wildman–Crippen LogP) is 7.73. The van der Waals surface area contributed by atoms with Crippen molar-refractivity contribution in [2.24, 2.45) is 0 Å². The monoisotopic (exact) mass is 1190 g/mol. The predicted molar refractivity (Wildman–Crippen MR) is 294 cm³/mol. The van der Waals surface area contributed by atoms with Crippen LogP contribution in [0.1, 0.15) is 68.7 Å². The molecule has 0 amide bonds. The second kappa shape index (κ2) is 27.6. The van der Waals surface area contributed by atoms with Crippen LogP contribution in [0.5, 0.6) is 23.5 Å². The van der Waals surface area contributed by atoms with Crippen molar-refractivity contribution in [2.75, 3.05) is 13.1 Å². The first-order chi connectivity index (χ1) is 37.8. The van der Waals surface area contributed by atoms with Crippen molar-refractivity contribution in [3.63, 3.8) is 0 Å². The minimum absolute atomic E-state index is 0.0373. The molecule has 8 rings (SSSR count). The molecule has 0 saturated carbocycles. The number of benzene rings is 4. The normalized spacial score (nSPS) is 12.0. The van der Waals surface area contributed by atoms with E-state index < -0.39 is 37.0 Å². The van der Waals surface area contributed by atoms with Crippen molar-refractivity contribution in [2.45, 2.75) is 91.5 Å². The third-order valence-electron chi connectivity index (χ3n) is 12.5. The number of aliphatic carboxylic acids is 2. The number of ether oxygens (including phenoxy) is 4. The number of carboxylic acids is 2. The number of aliphatic hydroxyl groups is 2. The summed E-state index contributed by atoms with van der Waals surface area (Å²) in [7, 11) is 0. The van der Waals surface area contributed by atoms with Crippen LogP contribution < -0.4 is 29.6 Å². The van der Waals surface area contributed by atoms with Gasteiger partial charge in [0.15, 0.2) is 0 Å². The standard InChI is InChI=1S/C56H58Br2N10O10/c1-35-39(31-75-55-49(57)19-41(23-59-27-45(69)21-51(71)72)53(63-55)77-33-43-25-61-65-67(43)29-37-11-5-3-6-12-37)15-9-17-47(35)48-18-10-16-40(36(48)2)32-76-56-50(58)20-42(24-60-28-46(70)22-52(73)74)54(64-56)78-34-44-26-62-66-68(44)30-38-13-7-4-8-14-38/h3-20,25-26,45-46,59-60,69-70H,21-24,27-34H2,1-2H3,(H,71,72)(H,73,74)/t45-,46-/m0/s1. The Kier molecular flexibility index (Phi) is 20.1. The van der Waals surface area contributed by atoms with Crippen molar-refractivity contribution < 1.29 is 49.0 Å². The van der Waals surface area contributed by atoms with Gasteiger partial charge in [-0.1, -0.05) is 107 Å². The van der Waals surface area contributed by atoms with Crippen molar-refractivity contribution in [1.82, 2.24) is 50.6 Å². The van der Waals surface area contributed by atoms with E-state index in [4.69, 9.17) is 39.1 Å². The van der Waals surface area contributed by atoms with Gasteiger partial charge in [-0.2, -0.15) is 9.97 Å². The highest BCUT2D eigenvalue weighted by atomic mass is 79.9. The Labute approximate surface area is 466 Å².